The Balaban J connectivity index is 3.10. The van der Waals surface area contributed by atoms with Crippen LogP contribution in [0.3, 0.4) is 0 Å². The fourth-order valence-corrected chi connectivity index (χ4v) is 3.00. The Bertz CT molecular complexity index is 499. The molecule has 0 aromatic heterocycles. The van der Waals surface area contributed by atoms with Crippen molar-refractivity contribution in [2.24, 2.45) is 0 Å². The highest BCUT2D eigenvalue weighted by Crippen LogP contribution is 2.36. The molecule has 0 heterocycles. The van der Waals surface area contributed by atoms with Crippen LogP contribution >= 0.6 is 11.8 Å². The van der Waals surface area contributed by atoms with E-state index < -0.39 is 0 Å². The lowest BCUT2D eigenvalue weighted by atomic mass is 9.83. The minimum Gasteiger partial charge on any atom is -0.493 e. The molecule has 1 aromatic rings. The molecule has 0 N–H and O–H groups in total. The molecule has 3 heteroatoms. The third-order valence-corrected chi connectivity index (χ3v) is 4.47. The van der Waals surface area contributed by atoms with E-state index in [9.17, 15) is 0 Å². The zero-order chi connectivity index (χ0) is 16.6. The van der Waals surface area contributed by atoms with Gasteiger partial charge in [-0.3, -0.25) is 0 Å². The number of hydrogen-bond donors (Lipinski definition) is 0. The SMILES string of the molecule is CCCOc1ccc(C(C)(C)C)cc1C(CC)CCSC#N. The molecule has 0 saturated carbocycles. The van der Waals surface area contributed by atoms with Gasteiger partial charge in [0.05, 0.1) is 6.61 Å². The van der Waals surface area contributed by atoms with Crippen molar-refractivity contribution < 1.29 is 4.74 Å². The van der Waals surface area contributed by atoms with Gasteiger partial charge in [-0.1, -0.05) is 46.8 Å². The van der Waals surface area contributed by atoms with Crippen LogP contribution in [0.4, 0.5) is 0 Å². The number of nitriles is 1. The van der Waals surface area contributed by atoms with Crippen LogP contribution in [0.2, 0.25) is 0 Å². The molecule has 0 radical (unpaired) electrons. The van der Waals surface area contributed by atoms with E-state index in [0.717, 1.165) is 37.4 Å². The first-order valence-electron chi connectivity index (χ1n) is 8.22. The quantitative estimate of drug-likeness (QED) is 0.443. The van der Waals surface area contributed by atoms with Crippen molar-refractivity contribution in [3.63, 3.8) is 0 Å². The molecule has 0 aliphatic carbocycles. The number of nitrogens with zero attached hydrogens (tertiary/aromatic N) is 1. The van der Waals surface area contributed by atoms with Crippen LogP contribution in [0.1, 0.15) is 70.9 Å². The lowest BCUT2D eigenvalue weighted by molar-refractivity contribution is 0.311. The summed E-state index contributed by atoms with van der Waals surface area (Å²) in [7, 11) is 0. The average molecular weight is 320 g/mol. The molecule has 1 unspecified atom stereocenters. The first-order valence-corrected chi connectivity index (χ1v) is 9.20. The molecule has 0 amide bonds. The van der Waals surface area contributed by atoms with Crippen molar-refractivity contribution in [3.8, 4) is 11.2 Å². The molecule has 0 saturated heterocycles. The highest BCUT2D eigenvalue weighted by molar-refractivity contribution is 8.03. The highest BCUT2D eigenvalue weighted by Gasteiger charge is 2.20. The summed E-state index contributed by atoms with van der Waals surface area (Å²) >= 11 is 1.34. The number of benzene rings is 1. The molecule has 22 heavy (non-hydrogen) atoms. The summed E-state index contributed by atoms with van der Waals surface area (Å²) < 4.78 is 5.97. The van der Waals surface area contributed by atoms with Crippen molar-refractivity contribution in [1.82, 2.24) is 0 Å². The molecule has 1 rings (SSSR count). The maximum atomic E-state index is 8.73. The van der Waals surface area contributed by atoms with E-state index in [0.29, 0.717) is 5.92 Å². The molecular weight excluding hydrogens is 290 g/mol. The van der Waals surface area contributed by atoms with Gasteiger partial charge in [0.25, 0.3) is 0 Å². The van der Waals surface area contributed by atoms with E-state index in [1.807, 2.05) is 0 Å². The predicted molar refractivity (Wildman–Crippen MR) is 96.6 cm³/mol. The van der Waals surface area contributed by atoms with Gasteiger partial charge in [0.15, 0.2) is 0 Å². The van der Waals surface area contributed by atoms with Gasteiger partial charge in [0.1, 0.15) is 11.2 Å². The van der Waals surface area contributed by atoms with Crippen molar-refractivity contribution in [3.05, 3.63) is 29.3 Å². The second-order valence-electron chi connectivity index (χ2n) is 6.68. The molecular formula is C19H29NOS. The van der Waals surface area contributed by atoms with Crippen molar-refractivity contribution in [2.75, 3.05) is 12.4 Å². The summed E-state index contributed by atoms with van der Waals surface area (Å²) in [6.07, 6.45) is 3.11. The van der Waals surface area contributed by atoms with Crippen LogP contribution in [-0.4, -0.2) is 12.4 Å². The van der Waals surface area contributed by atoms with Crippen LogP contribution in [-0.2, 0) is 5.41 Å². The highest BCUT2D eigenvalue weighted by atomic mass is 32.2. The van der Waals surface area contributed by atoms with Gasteiger partial charge in [0.2, 0.25) is 0 Å². The number of thiocyanates is 1. The fraction of sp³-hybridized carbons (Fsp3) is 0.632. The average Bonchev–Trinajstić information content (AvgIpc) is 2.49. The molecule has 2 nitrogen and oxygen atoms in total. The topological polar surface area (TPSA) is 33.0 Å². The molecule has 122 valence electrons. The van der Waals surface area contributed by atoms with E-state index >= 15 is 0 Å². The van der Waals surface area contributed by atoms with E-state index in [-0.39, 0.29) is 5.41 Å². The van der Waals surface area contributed by atoms with Crippen molar-refractivity contribution in [2.45, 2.75) is 65.2 Å². The zero-order valence-electron chi connectivity index (χ0n) is 14.6. The first-order chi connectivity index (χ1) is 10.4. The largest absolute Gasteiger partial charge is 0.493 e. The number of thioether (sulfide) groups is 1. The molecule has 0 aliphatic rings. The third kappa shape index (κ3) is 5.57. The predicted octanol–water partition coefficient (Wildman–Crippen LogP) is 5.87. The number of hydrogen-bond acceptors (Lipinski definition) is 3. The summed E-state index contributed by atoms with van der Waals surface area (Å²) in [6, 6.07) is 6.63. The summed E-state index contributed by atoms with van der Waals surface area (Å²) in [5, 5.41) is 10.9. The standard InChI is InChI=1S/C19H29NOS/c1-6-11-21-18-9-8-16(19(3,4)5)13-17(18)15(7-2)10-12-22-14-20/h8-9,13,15H,6-7,10-12H2,1-5H3. The summed E-state index contributed by atoms with van der Waals surface area (Å²) in [5.74, 6) is 2.35. The van der Waals surface area contributed by atoms with Gasteiger partial charge in [0, 0.05) is 5.75 Å². The summed E-state index contributed by atoms with van der Waals surface area (Å²) in [5.41, 5.74) is 2.79. The lowest BCUT2D eigenvalue weighted by Crippen LogP contribution is -2.13. The molecule has 0 fully saturated rings. The van der Waals surface area contributed by atoms with Crippen LogP contribution in [0.5, 0.6) is 5.75 Å². The molecule has 0 spiro atoms. The van der Waals surface area contributed by atoms with E-state index in [1.165, 1.54) is 22.9 Å². The second-order valence-corrected chi connectivity index (χ2v) is 7.56. The Kier molecular flexibility index (Phi) is 7.82. The fourth-order valence-electron chi connectivity index (χ4n) is 2.50. The Hall–Kier alpha value is -1.14. The van der Waals surface area contributed by atoms with Gasteiger partial charge >= 0.3 is 0 Å². The summed E-state index contributed by atoms with van der Waals surface area (Å²) in [4.78, 5) is 0. The Morgan fingerprint density at radius 2 is 2.00 bits per heavy atom. The Labute approximate surface area is 140 Å². The minimum absolute atomic E-state index is 0.137. The van der Waals surface area contributed by atoms with Gasteiger partial charge in [-0.25, -0.2) is 0 Å². The van der Waals surface area contributed by atoms with Crippen LogP contribution in [0, 0.1) is 10.7 Å². The lowest BCUT2D eigenvalue weighted by Gasteiger charge is -2.24. The van der Waals surface area contributed by atoms with E-state index in [2.05, 4.69) is 58.2 Å². The van der Waals surface area contributed by atoms with Crippen molar-refractivity contribution >= 4 is 11.8 Å². The monoisotopic (exact) mass is 319 g/mol. The van der Waals surface area contributed by atoms with Gasteiger partial charge in [-0.15, -0.1) is 0 Å². The normalized spacial score (nSPS) is 12.7. The van der Waals surface area contributed by atoms with Gasteiger partial charge < -0.3 is 4.74 Å². The maximum absolute atomic E-state index is 8.73. The van der Waals surface area contributed by atoms with Gasteiger partial charge in [-0.05, 0) is 59.6 Å². The number of ether oxygens (including phenoxy) is 1. The minimum atomic E-state index is 0.137. The van der Waals surface area contributed by atoms with Crippen LogP contribution in [0.25, 0.3) is 0 Å². The number of rotatable bonds is 8. The maximum Gasteiger partial charge on any atom is 0.133 e. The molecule has 1 atom stereocenters. The Morgan fingerprint density at radius 3 is 2.55 bits per heavy atom. The van der Waals surface area contributed by atoms with Crippen molar-refractivity contribution in [1.29, 1.82) is 5.26 Å². The van der Waals surface area contributed by atoms with E-state index in [1.54, 1.807) is 0 Å². The first kappa shape index (κ1) is 18.9. The van der Waals surface area contributed by atoms with Crippen LogP contribution < -0.4 is 4.74 Å². The molecule has 1 aromatic carbocycles. The summed E-state index contributed by atoms with van der Waals surface area (Å²) in [6.45, 7) is 11.8. The third-order valence-electron chi connectivity index (χ3n) is 3.90. The van der Waals surface area contributed by atoms with E-state index in [4.69, 9.17) is 10.00 Å². The second kappa shape index (κ2) is 9.10. The Morgan fingerprint density at radius 1 is 1.27 bits per heavy atom. The molecule has 0 aliphatic heterocycles. The van der Waals surface area contributed by atoms with Crippen LogP contribution in [0.15, 0.2) is 18.2 Å². The van der Waals surface area contributed by atoms with Gasteiger partial charge in [-0.2, -0.15) is 5.26 Å². The molecule has 0 bridgehead atoms. The zero-order valence-corrected chi connectivity index (χ0v) is 15.4. The smallest absolute Gasteiger partial charge is 0.133 e.